The summed E-state index contributed by atoms with van der Waals surface area (Å²) in [6, 6.07) is 4.10. The van der Waals surface area contributed by atoms with Crippen molar-refractivity contribution >= 4 is 45.9 Å². The Morgan fingerprint density at radius 2 is 2.04 bits per heavy atom. The number of aliphatic imine (C=N–C) groups is 1. The summed E-state index contributed by atoms with van der Waals surface area (Å²) in [5.74, 6) is -0.622. The lowest BCUT2D eigenvalue weighted by atomic mass is 9.80. The second kappa shape index (κ2) is 5.79. The first-order chi connectivity index (χ1) is 12.6. The van der Waals surface area contributed by atoms with Gasteiger partial charge in [-0.1, -0.05) is 18.6 Å². The molecule has 0 bridgehead atoms. The van der Waals surface area contributed by atoms with E-state index in [2.05, 4.69) is 37.1 Å². The smallest absolute Gasteiger partial charge is 0.287 e. The largest absolute Gasteiger partial charge is 0.305 e. The lowest BCUT2D eigenvalue weighted by molar-refractivity contribution is -0.117. The minimum absolute atomic E-state index is 0.163. The fourth-order valence-electron chi connectivity index (χ4n) is 4.37. The van der Waals surface area contributed by atoms with Gasteiger partial charge in [-0.05, 0) is 56.5 Å². The van der Waals surface area contributed by atoms with Crippen molar-refractivity contribution in [2.45, 2.75) is 52.5 Å². The number of thioether (sulfide) groups is 1. The Morgan fingerprint density at radius 3 is 2.70 bits per heavy atom. The van der Waals surface area contributed by atoms with Crippen LogP contribution >= 0.6 is 11.8 Å². The van der Waals surface area contributed by atoms with E-state index in [9.17, 15) is 14.4 Å². The molecule has 0 saturated carbocycles. The molecular weight excluding hydrogens is 362 g/mol. The van der Waals surface area contributed by atoms with Gasteiger partial charge < -0.3 is 10.2 Å². The third-order valence-corrected chi connectivity index (χ3v) is 6.21. The summed E-state index contributed by atoms with van der Waals surface area (Å²) in [5, 5.41) is 2.76. The van der Waals surface area contributed by atoms with E-state index in [1.54, 1.807) is 0 Å². The molecule has 0 radical (unpaired) electrons. The number of rotatable bonds is 0. The number of hydrogen-bond donors (Lipinski definition) is 1. The van der Waals surface area contributed by atoms with Gasteiger partial charge in [0.2, 0.25) is 5.91 Å². The Hall–Kier alpha value is -2.41. The number of anilines is 1. The monoisotopic (exact) mass is 383 g/mol. The Bertz CT molecular complexity index is 990. The van der Waals surface area contributed by atoms with E-state index in [4.69, 9.17) is 0 Å². The second-order valence-electron chi connectivity index (χ2n) is 8.02. The summed E-state index contributed by atoms with van der Waals surface area (Å²) in [6.07, 6.45) is 0.853. The summed E-state index contributed by atoms with van der Waals surface area (Å²) in [5.41, 5.74) is 3.97. The molecule has 1 aromatic carbocycles. The number of carbonyl (C=O) groups is 3. The number of nitrogens with zero attached hydrogens (tertiary/aromatic N) is 2. The van der Waals surface area contributed by atoms with Gasteiger partial charge in [0.25, 0.3) is 11.8 Å². The van der Waals surface area contributed by atoms with Crippen LogP contribution in [-0.4, -0.2) is 28.4 Å². The Labute approximate surface area is 162 Å². The molecule has 3 aliphatic heterocycles. The van der Waals surface area contributed by atoms with Crippen LogP contribution in [0.2, 0.25) is 0 Å². The molecule has 0 aromatic heterocycles. The number of nitrogens with one attached hydrogen (secondary N) is 1. The normalized spacial score (nSPS) is 25.6. The zero-order valence-electron chi connectivity index (χ0n) is 16.0. The van der Waals surface area contributed by atoms with Gasteiger partial charge >= 0.3 is 0 Å². The molecule has 140 valence electrons. The fourth-order valence-corrected chi connectivity index (χ4v) is 5.32. The molecule has 0 saturated heterocycles. The SMILES string of the molecule is CC(=O)NC1=NC(=O)/C(=C2/C(=O)N3c4c2cc(C)cc4C(C)CC3(C)C)S1. The number of carbonyl (C=O) groups excluding carboxylic acids is 3. The molecule has 6 nitrogen and oxygen atoms in total. The van der Waals surface area contributed by atoms with Crippen molar-refractivity contribution < 1.29 is 14.4 Å². The van der Waals surface area contributed by atoms with Gasteiger partial charge in [0.05, 0.1) is 16.2 Å². The zero-order chi connectivity index (χ0) is 19.7. The summed E-state index contributed by atoms with van der Waals surface area (Å²) in [6.45, 7) is 9.66. The van der Waals surface area contributed by atoms with Crippen molar-refractivity contribution in [3.8, 4) is 0 Å². The van der Waals surface area contributed by atoms with Crippen LogP contribution in [-0.2, 0) is 14.4 Å². The van der Waals surface area contributed by atoms with Gasteiger partial charge in [0.15, 0.2) is 5.17 Å². The molecule has 4 rings (SSSR count). The van der Waals surface area contributed by atoms with Gasteiger partial charge in [-0.2, -0.15) is 4.99 Å². The summed E-state index contributed by atoms with van der Waals surface area (Å²) in [4.78, 5) is 43.3. The van der Waals surface area contributed by atoms with Gasteiger partial charge in [-0.25, -0.2) is 0 Å². The number of amides is 3. The van der Waals surface area contributed by atoms with Crippen molar-refractivity contribution in [3.63, 3.8) is 0 Å². The Morgan fingerprint density at radius 1 is 1.33 bits per heavy atom. The molecule has 3 aliphatic rings. The van der Waals surface area contributed by atoms with Crippen molar-refractivity contribution in [1.82, 2.24) is 5.32 Å². The first-order valence-electron chi connectivity index (χ1n) is 8.92. The molecule has 0 aliphatic carbocycles. The van der Waals surface area contributed by atoms with Gasteiger partial charge in [-0.15, -0.1) is 0 Å². The first-order valence-corrected chi connectivity index (χ1v) is 9.74. The van der Waals surface area contributed by atoms with Crippen molar-refractivity contribution in [2.75, 3.05) is 4.90 Å². The number of hydrogen-bond acceptors (Lipinski definition) is 4. The molecule has 27 heavy (non-hydrogen) atoms. The highest BCUT2D eigenvalue weighted by atomic mass is 32.2. The molecule has 1 unspecified atom stereocenters. The quantitative estimate of drug-likeness (QED) is 0.698. The van der Waals surface area contributed by atoms with Crippen LogP contribution in [0.25, 0.3) is 5.57 Å². The van der Waals surface area contributed by atoms with Crippen LogP contribution in [0.3, 0.4) is 0 Å². The van der Waals surface area contributed by atoms with E-state index < -0.39 is 5.91 Å². The third kappa shape index (κ3) is 2.64. The Balaban J connectivity index is 1.92. The summed E-state index contributed by atoms with van der Waals surface area (Å²) in [7, 11) is 0. The van der Waals surface area contributed by atoms with Crippen LogP contribution in [0.4, 0.5) is 5.69 Å². The minimum atomic E-state index is -0.479. The van der Waals surface area contributed by atoms with Crippen molar-refractivity contribution in [3.05, 3.63) is 33.7 Å². The van der Waals surface area contributed by atoms with E-state index >= 15 is 0 Å². The highest BCUT2D eigenvalue weighted by Gasteiger charge is 2.49. The Kier molecular flexibility index (Phi) is 3.86. The second-order valence-corrected chi connectivity index (χ2v) is 9.02. The van der Waals surface area contributed by atoms with Crippen LogP contribution in [0.15, 0.2) is 22.0 Å². The summed E-state index contributed by atoms with van der Waals surface area (Å²) >= 11 is 1.06. The molecule has 1 atom stereocenters. The van der Waals surface area contributed by atoms with Gasteiger partial charge in [-0.3, -0.25) is 14.4 Å². The fraction of sp³-hybridized carbons (Fsp3) is 0.400. The highest BCUT2D eigenvalue weighted by Crippen LogP contribution is 2.53. The highest BCUT2D eigenvalue weighted by molar-refractivity contribution is 8.18. The van der Waals surface area contributed by atoms with Crippen LogP contribution in [0.1, 0.15) is 56.7 Å². The lowest BCUT2D eigenvalue weighted by Gasteiger charge is -2.43. The van der Waals surface area contributed by atoms with Crippen molar-refractivity contribution in [1.29, 1.82) is 0 Å². The average molecular weight is 383 g/mol. The number of amidine groups is 1. The molecular formula is C20H21N3O3S. The number of benzene rings is 1. The standard InChI is InChI=1S/C20H21N3O3S/c1-9-6-12-10(2)8-20(4,5)23-15(12)13(7-9)14(18(23)26)16-17(25)22-19(27-16)21-11(3)24/h6-7,10H,8H2,1-5H3,(H,21,22,24,25)/b16-14-. The molecule has 1 aromatic rings. The lowest BCUT2D eigenvalue weighted by Crippen LogP contribution is -2.49. The topological polar surface area (TPSA) is 78.8 Å². The molecule has 3 heterocycles. The zero-order valence-corrected chi connectivity index (χ0v) is 16.8. The maximum atomic E-state index is 13.4. The molecule has 0 spiro atoms. The van der Waals surface area contributed by atoms with Crippen molar-refractivity contribution in [2.24, 2.45) is 4.99 Å². The molecule has 1 N–H and O–H groups in total. The van der Waals surface area contributed by atoms with Crippen LogP contribution in [0.5, 0.6) is 0 Å². The maximum absolute atomic E-state index is 13.4. The van der Waals surface area contributed by atoms with Gasteiger partial charge in [0, 0.05) is 18.0 Å². The average Bonchev–Trinajstić information content (AvgIpc) is 3.01. The summed E-state index contributed by atoms with van der Waals surface area (Å²) < 4.78 is 0. The van der Waals surface area contributed by atoms with Crippen LogP contribution in [0, 0.1) is 6.92 Å². The van der Waals surface area contributed by atoms with E-state index in [0.29, 0.717) is 11.5 Å². The van der Waals surface area contributed by atoms with E-state index in [1.807, 2.05) is 17.9 Å². The predicted octanol–water partition coefficient (Wildman–Crippen LogP) is 3.10. The first kappa shape index (κ1) is 18.0. The van der Waals surface area contributed by atoms with Crippen LogP contribution < -0.4 is 10.2 Å². The van der Waals surface area contributed by atoms with E-state index in [1.165, 1.54) is 6.92 Å². The number of aryl methyl sites for hydroxylation is 1. The predicted molar refractivity (Wildman–Crippen MR) is 107 cm³/mol. The molecule has 0 fully saturated rings. The third-order valence-electron chi connectivity index (χ3n) is 5.24. The van der Waals surface area contributed by atoms with E-state index in [0.717, 1.165) is 40.6 Å². The van der Waals surface area contributed by atoms with E-state index in [-0.39, 0.29) is 27.4 Å². The minimum Gasteiger partial charge on any atom is -0.305 e. The maximum Gasteiger partial charge on any atom is 0.287 e. The molecule has 7 heteroatoms. The van der Waals surface area contributed by atoms with Gasteiger partial charge in [0.1, 0.15) is 0 Å². The molecule has 3 amide bonds.